The zero-order valence-electron chi connectivity index (χ0n) is 10.3. The van der Waals surface area contributed by atoms with Gasteiger partial charge in [0, 0.05) is 0 Å². The minimum Gasteiger partial charge on any atom is -0.502 e. The van der Waals surface area contributed by atoms with Gasteiger partial charge in [-0.2, -0.15) is 0 Å². The zero-order valence-corrected chi connectivity index (χ0v) is 11.9. The lowest BCUT2D eigenvalue weighted by Gasteiger charge is -2.24. The van der Waals surface area contributed by atoms with Gasteiger partial charge in [-0.15, -0.1) is 0 Å². The summed E-state index contributed by atoms with van der Waals surface area (Å²) >= 11 is 9.13. The molecule has 0 amide bonds. The first-order valence-electron chi connectivity index (χ1n) is 6.10. The van der Waals surface area contributed by atoms with Crippen LogP contribution in [-0.2, 0) is 0 Å². The largest absolute Gasteiger partial charge is 0.502 e. The first-order chi connectivity index (χ1) is 7.92. The summed E-state index contributed by atoms with van der Waals surface area (Å²) in [6, 6.07) is 0. The van der Waals surface area contributed by atoms with Crippen molar-refractivity contribution in [2.75, 3.05) is 0 Å². The van der Waals surface area contributed by atoms with Crippen molar-refractivity contribution in [2.24, 2.45) is 0 Å². The summed E-state index contributed by atoms with van der Waals surface area (Å²) in [6.07, 6.45) is 6.67. The SMILES string of the molecule is CCCCCCCCC(O)(CC(O)=S)C(O)=S. The van der Waals surface area contributed by atoms with Gasteiger partial charge in [-0.3, -0.25) is 0 Å². The molecule has 0 saturated carbocycles. The second-order valence-corrected chi connectivity index (χ2v) is 5.28. The van der Waals surface area contributed by atoms with Gasteiger partial charge in [-0.1, -0.05) is 45.4 Å². The average molecular weight is 278 g/mol. The molecule has 0 bridgehead atoms. The van der Waals surface area contributed by atoms with Crippen LogP contribution < -0.4 is 0 Å². The van der Waals surface area contributed by atoms with Gasteiger partial charge in [0.05, 0.1) is 6.42 Å². The molecule has 0 aliphatic rings. The van der Waals surface area contributed by atoms with E-state index < -0.39 is 10.7 Å². The summed E-state index contributed by atoms with van der Waals surface area (Å²) in [7, 11) is 0. The molecule has 0 aromatic rings. The Kier molecular flexibility index (Phi) is 8.64. The molecule has 0 rings (SSSR count). The highest BCUT2D eigenvalue weighted by molar-refractivity contribution is 7.80. The molecule has 0 aromatic carbocycles. The van der Waals surface area contributed by atoms with Gasteiger partial charge in [0.15, 0.2) is 10.1 Å². The second-order valence-electron chi connectivity index (χ2n) is 4.43. The summed E-state index contributed by atoms with van der Waals surface area (Å²) in [5.74, 6) is 0. The molecule has 0 fully saturated rings. The lowest BCUT2D eigenvalue weighted by atomic mass is 9.93. The van der Waals surface area contributed by atoms with Crippen LogP contribution in [0.4, 0.5) is 0 Å². The molecule has 1 atom stereocenters. The summed E-state index contributed by atoms with van der Waals surface area (Å²) in [4.78, 5) is 0. The fourth-order valence-electron chi connectivity index (χ4n) is 1.72. The lowest BCUT2D eigenvalue weighted by Crippen LogP contribution is -2.39. The fraction of sp³-hybridized carbons (Fsp3) is 0.833. The standard InChI is InChI=1S/C12H22O3S2/c1-2-3-4-5-6-7-8-12(15,11(14)17)9-10(13)16/h15H,2-9H2,1H3,(H,13,16)(H,14,17). The highest BCUT2D eigenvalue weighted by Gasteiger charge is 2.33. The summed E-state index contributed by atoms with van der Waals surface area (Å²) in [5, 5.41) is 27.5. The predicted octanol–water partition coefficient (Wildman–Crippen LogP) is 3.63. The van der Waals surface area contributed by atoms with Crippen LogP contribution in [-0.4, -0.2) is 31.0 Å². The molecule has 0 spiro atoms. The molecule has 17 heavy (non-hydrogen) atoms. The molecule has 0 aliphatic carbocycles. The Hall–Kier alpha value is -0.260. The van der Waals surface area contributed by atoms with Gasteiger partial charge >= 0.3 is 0 Å². The van der Waals surface area contributed by atoms with Crippen molar-refractivity contribution in [3.63, 3.8) is 0 Å². The lowest BCUT2D eigenvalue weighted by molar-refractivity contribution is 0.0882. The first kappa shape index (κ1) is 16.7. The number of hydrogen-bond acceptors (Lipinski definition) is 3. The van der Waals surface area contributed by atoms with Crippen molar-refractivity contribution < 1.29 is 15.3 Å². The van der Waals surface area contributed by atoms with Crippen LogP contribution in [0.1, 0.15) is 58.3 Å². The minimum absolute atomic E-state index is 0.160. The van der Waals surface area contributed by atoms with E-state index in [4.69, 9.17) is 5.11 Å². The Morgan fingerprint density at radius 1 is 1.00 bits per heavy atom. The highest BCUT2D eigenvalue weighted by Crippen LogP contribution is 2.21. The number of rotatable bonds is 10. The zero-order chi connectivity index (χ0) is 13.3. The van der Waals surface area contributed by atoms with Gasteiger partial charge in [-0.05, 0) is 30.9 Å². The smallest absolute Gasteiger partial charge is 0.189 e. The third-order valence-electron chi connectivity index (χ3n) is 2.79. The van der Waals surface area contributed by atoms with E-state index in [2.05, 4.69) is 31.4 Å². The molecule has 100 valence electrons. The van der Waals surface area contributed by atoms with E-state index in [0.29, 0.717) is 6.42 Å². The van der Waals surface area contributed by atoms with E-state index in [-0.39, 0.29) is 11.5 Å². The number of thiocarbonyl (C=S) groups is 2. The number of unbranched alkanes of at least 4 members (excludes halogenated alkanes) is 5. The summed E-state index contributed by atoms with van der Waals surface area (Å²) in [6.45, 7) is 2.16. The molecular weight excluding hydrogens is 256 g/mol. The normalized spacial score (nSPS) is 14.2. The monoisotopic (exact) mass is 278 g/mol. The van der Waals surface area contributed by atoms with Crippen molar-refractivity contribution in [3.05, 3.63) is 0 Å². The third-order valence-corrected chi connectivity index (χ3v) is 3.31. The quantitative estimate of drug-likeness (QED) is 0.421. The molecular formula is C12H22O3S2. The Morgan fingerprint density at radius 2 is 1.53 bits per heavy atom. The molecule has 0 radical (unpaired) electrons. The average Bonchev–Trinajstić information content (AvgIpc) is 2.22. The Morgan fingerprint density at radius 3 is 2.00 bits per heavy atom. The van der Waals surface area contributed by atoms with E-state index in [1.54, 1.807) is 0 Å². The van der Waals surface area contributed by atoms with Crippen LogP contribution in [0, 0.1) is 0 Å². The van der Waals surface area contributed by atoms with Crippen molar-refractivity contribution >= 4 is 34.5 Å². The van der Waals surface area contributed by atoms with E-state index in [0.717, 1.165) is 19.3 Å². The molecule has 1 unspecified atom stereocenters. The maximum Gasteiger partial charge on any atom is 0.189 e. The Bertz CT molecular complexity index is 256. The van der Waals surface area contributed by atoms with Crippen molar-refractivity contribution in [1.29, 1.82) is 0 Å². The number of aliphatic hydroxyl groups excluding tert-OH is 2. The van der Waals surface area contributed by atoms with Crippen LogP contribution in [0.2, 0.25) is 0 Å². The van der Waals surface area contributed by atoms with Crippen molar-refractivity contribution in [3.8, 4) is 0 Å². The van der Waals surface area contributed by atoms with Crippen LogP contribution in [0.15, 0.2) is 0 Å². The Labute approximate surface area is 114 Å². The maximum atomic E-state index is 10.0. The van der Waals surface area contributed by atoms with E-state index in [1.165, 1.54) is 19.3 Å². The minimum atomic E-state index is -1.54. The molecule has 0 aliphatic heterocycles. The summed E-state index contributed by atoms with van der Waals surface area (Å²) in [5.41, 5.74) is -1.54. The number of hydrogen-bond donors (Lipinski definition) is 3. The van der Waals surface area contributed by atoms with Crippen LogP contribution in [0.5, 0.6) is 0 Å². The highest BCUT2D eigenvalue weighted by atomic mass is 32.1. The van der Waals surface area contributed by atoms with Crippen molar-refractivity contribution in [1.82, 2.24) is 0 Å². The fourth-order valence-corrected chi connectivity index (χ4v) is 2.13. The molecule has 5 heteroatoms. The predicted molar refractivity (Wildman–Crippen MR) is 78.0 cm³/mol. The van der Waals surface area contributed by atoms with Gasteiger partial charge < -0.3 is 15.3 Å². The van der Waals surface area contributed by atoms with Gasteiger partial charge in [0.25, 0.3) is 0 Å². The molecule has 3 N–H and O–H groups in total. The maximum absolute atomic E-state index is 10.0. The van der Waals surface area contributed by atoms with Gasteiger partial charge in [0.1, 0.15) is 5.60 Å². The van der Waals surface area contributed by atoms with E-state index in [1.807, 2.05) is 0 Å². The van der Waals surface area contributed by atoms with Gasteiger partial charge in [0.2, 0.25) is 0 Å². The van der Waals surface area contributed by atoms with Gasteiger partial charge in [-0.25, -0.2) is 0 Å². The van der Waals surface area contributed by atoms with Crippen LogP contribution in [0.3, 0.4) is 0 Å². The molecule has 0 saturated heterocycles. The molecule has 0 aromatic heterocycles. The number of aliphatic hydroxyl groups is 3. The molecule has 0 heterocycles. The van der Waals surface area contributed by atoms with Crippen LogP contribution in [0.25, 0.3) is 0 Å². The summed E-state index contributed by atoms with van der Waals surface area (Å²) < 4.78 is 0. The van der Waals surface area contributed by atoms with E-state index >= 15 is 0 Å². The first-order valence-corrected chi connectivity index (χ1v) is 6.91. The topological polar surface area (TPSA) is 60.7 Å². The van der Waals surface area contributed by atoms with Crippen LogP contribution >= 0.6 is 24.4 Å². The Balaban J connectivity index is 3.93. The van der Waals surface area contributed by atoms with E-state index in [9.17, 15) is 10.2 Å². The third kappa shape index (κ3) is 7.63. The second kappa shape index (κ2) is 8.78. The molecule has 3 nitrogen and oxygen atoms in total. The van der Waals surface area contributed by atoms with Crippen molar-refractivity contribution in [2.45, 2.75) is 63.9 Å².